The summed E-state index contributed by atoms with van der Waals surface area (Å²) in [4.78, 5) is 10.9. The van der Waals surface area contributed by atoms with Gasteiger partial charge >= 0.3 is 0 Å². The van der Waals surface area contributed by atoms with Crippen molar-refractivity contribution >= 4 is 17.4 Å². The number of rotatable bonds is 5. The Bertz CT molecular complexity index is 652. The van der Waals surface area contributed by atoms with Gasteiger partial charge in [-0.1, -0.05) is 23.7 Å². The lowest BCUT2D eigenvalue weighted by atomic mass is 9.99. The molecule has 2 N–H and O–H groups in total. The van der Waals surface area contributed by atoms with Crippen molar-refractivity contribution in [1.29, 1.82) is 0 Å². The van der Waals surface area contributed by atoms with Crippen LogP contribution in [-0.4, -0.2) is 34.6 Å². The fourth-order valence-corrected chi connectivity index (χ4v) is 3.08. The van der Waals surface area contributed by atoms with Crippen molar-refractivity contribution in [2.75, 3.05) is 25.4 Å². The summed E-state index contributed by atoms with van der Waals surface area (Å²) in [5.41, 5.74) is 5.72. The molecule has 2 aromatic rings. The number of halogens is 1. The molecule has 6 heteroatoms. The number of piperidine rings is 1. The van der Waals surface area contributed by atoms with Crippen molar-refractivity contribution in [3.63, 3.8) is 0 Å². The van der Waals surface area contributed by atoms with E-state index in [1.165, 1.54) is 6.42 Å². The number of nitrogen functional groups attached to an aromatic ring is 1. The molecule has 0 spiro atoms. The van der Waals surface area contributed by atoms with E-state index < -0.39 is 0 Å². The highest BCUT2D eigenvalue weighted by Crippen LogP contribution is 2.25. The Hall–Kier alpha value is -1.85. The summed E-state index contributed by atoms with van der Waals surface area (Å²) < 4.78 is 5.88. The van der Waals surface area contributed by atoms with Crippen LogP contribution in [0.4, 0.5) is 5.82 Å². The first-order valence-corrected chi connectivity index (χ1v) is 8.25. The van der Waals surface area contributed by atoms with Crippen LogP contribution in [0.2, 0.25) is 5.02 Å². The maximum Gasteiger partial charge on any atom is 0.144 e. The highest BCUT2D eigenvalue weighted by Gasteiger charge is 2.21. The third-order valence-electron chi connectivity index (χ3n) is 4.01. The number of likely N-dealkylation sites (tertiary alicyclic amines) is 1. The van der Waals surface area contributed by atoms with Gasteiger partial charge in [-0.05, 0) is 37.6 Å². The number of ether oxygens (including phenoxy) is 1. The molecule has 2 heterocycles. The number of para-hydroxylation sites is 1. The van der Waals surface area contributed by atoms with Gasteiger partial charge in [-0.2, -0.15) is 0 Å². The van der Waals surface area contributed by atoms with Gasteiger partial charge in [-0.3, -0.25) is 4.90 Å². The Morgan fingerprint density at radius 3 is 3.00 bits per heavy atom. The standard InChI is InChI=1S/C17H21ClN4O/c18-14-5-1-2-6-15(14)23-12-13-4-3-9-22(10-13)11-17-20-8-7-16(19)21-17/h1-2,5-8,13H,3-4,9-12H2,(H2,19,20,21). The lowest BCUT2D eigenvalue weighted by Gasteiger charge is -2.32. The van der Waals surface area contributed by atoms with Crippen molar-refractivity contribution in [1.82, 2.24) is 14.9 Å². The summed E-state index contributed by atoms with van der Waals surface area (Å²) in [6, 6.07) is 9.30. The molecule has 0 amide bonds. The minimum absolute atomic E-state index is 0.487. The number of aromatic nitrogens is 2. The Morgan fingerprint density at radius 1 is 1.30 bits per heavy atom. The van der Waals surface area contributed by atoms with Gasteiger partial charge in [0.1, 0.15) is 17.4 Å². The number of nitrogens with two attached hydrogens (primary N) is 1. The first-order chi connectivity index (χ1) is 11.2. The molecular weight excluding hydrogens is 312 g/mol. The third-order valence-corrected chi connectivity index (χ3v) is 4.32. The van der Waals surface area contributed by atoms with Gasteiger partial charge < -0.3 is 10.5 Å². The summed E-state index contributed by atoms with van der Waals surface area (Å²) in [5, 5.41) is 0.660. The SMILES string of the molecule is Nc1ccnc(CN2CCCC(COc3ccccc3Cl)C2)n1. The fraction of sp³-hybridized carbons (Fsp3) is 0.412. The second kappa shape index (κ2) is 7.62. The van der Waals surface area contributed by atoms with Crippen LogP contribution in [0.1, 0.15) is 18.7 Å². The van der Waals surface area contributed by atoms with E-state index in [1.54, 1.807) is 12.3 Å². The van der Waals surface area contributed by atoms with E-state index in [-0.39, 0.29) is 0 Å². The van der Waals surface area contributed by atoms with E-state index in [0.29, 0.717) is 23.4 Å². The smallest absolute Gasteiger partial charge is 0.144 e. The van der Waals surface area contributed by atoms with Crippen molar-refractivity contribution in [2.45, 2.75) is 19.4 Å². The average molecular weight is 333 g/mol. The van der Waals surface area contributed by atoms with Crippen LogP contribution in [-0.2, 0) is 6.54 Å². The number of hydrogen-bond acceptors (Lipinski definition) is 5. The van der Waals surface area contributed by atoms with Crippen LogP contribution >= 0.6 is 11.6 Å². The predicted molar refractivity (Wildman–Crippen MR) is 91.4 cm³/mol. The maximum absolute atomic E-state index is 6.13. The molecule has 0 saturated carbocycles. The third kappa shape index (κ3) is 4.56. The second-order valence-corrected chi connectivity index (χ2v) is 6.29. The Labute approximate surface area is 141 Å². The molecule has 1 aromatic heterocycles. The van der Waals surface area contributed by atoms with E-state index in [4.69, 9.17) is 22.1 Å². The van der Waals surface area contributed by atoms with E-state index in [2.05, 4.69) is 14.9 Å². The molecule has 0 radical (unpaired) electrons. The van der Waals surface area contributed by atoms with Gasteiger partial charge in [0.2, 0.25) is 0 Å². The van der Waals surface area contributed by atoms with Gasteiger partial charge in [0.25, 0.3) is 0 Å². The second-order valence-electron chi connectivity index (χ2n) is 5.88. The number of hydrogen-bond donors (Lipinski definition) is 1. The largest absolute Gasteiger partial charge is 0.492 e. The minimum Gasteiger partial charge on any atom is -0.492 e. The molecule has 1 aliphatic heterocycles. The molecule has 1 aliphatic rings. The van der Waals surface area contributed by atoms with Crippen LogP contribution in [0.25, 0.3) is 0 Å². The van der Waals surface area contributed by atoms with Crippen molar-refractivity contribution < 1.29 is 4.74 Å². The maximum atomic E-state index is 6.13. The predicted octanol–water partition coefficient (Wildman–Crippen LogP) is 3.00. The summed E-state index contributed by atoms with van der Waals surface area (Å²) in [6.45, 7) is 3.44. The molecule has 5 nitrogen and oxygen atoms in total. The fourth-order valence-electron chi connectivity index (χ4n) is 2.89. The molecule has 1 atom stereocenters. The molecule has 1 saturated heterocycles. The van der Waals surface area contributed by atoms with Crippen molar-refractivity contribution in [3.8, 4) is 5.75 Å². The zero-order valence-corrected chi connectivity index (χ0v) is 13.7. The van der Waals surface area contributed by atoms with E-state index in [0.717, 1.165) is 37.6 Å². The molecule has 0 bridgehead atoms. The van der Waals surface area contributed by atoms with Crippen LogP contribution in [0.3, 0.4) is 0 Å². The quantitative estimate of drug-likeness (QED) is 0.911. The number of nitrogens with zero attached hydrogens (tertiary/aromatic N) is 3. The van der Waals surface area contributed by atoms with E-state index >= 15 is 0 Å². The molecule has 0 aliphatic carbocycles. The summed E-state index contributed by atoms with van der Waals surface area (Å²) >= 11 is 6.13. The Balaban J connectivity index is 1.53. The number of benzene rings is 1. The first-order valence-electron chi connectivity index (χ1n) is 7.88. The van der Waals surface area contributed by atoms with Gasteiger partial charge in [0.05, 0.1) is 18.2 Å². The molecule has 122 valence electrons. The topological polar surface area (TPSA) is 64.3 Å². The van der Waals surface area contributed by atoms with Crippen LogP contribution in [0.15, 0.2) is 36.5 Å². The van der Waals surface area contributed by atoms with Crippen LogP contribution in [0.5, 0.6) is 5.75 Å². The summed E-state index contributed by atoms with van der Waals surface area (Å²) in [7, 11) is 0. The van der Waals surface area contributed by atoms with E-state index in [9.17, 15) is 0 Å². The first kappa shape index (κ1) is 16.0. The van der Waals surface area contributed by atoms with Gasteiger partial charge in [-0.25, -0.2) is 9.97 Å². The van der Waals surface area contributed by atoms with Crippen LogP contribution < -0.4 is 10.5 Å². The molecule has 23 heavy (non-hydrogen) atoms. The Morgan fingerprint density at radius 2 is 2.17 bits per heavy atom. The number of anilines is 1. The lowest BCUT2D eigenvalue weighted by Crippen LogP contribution is -2.37. The van der Waals surface area contributed by atoms with Crippen molar-refractivity contribution in [2.24, 2.45) is 5.92 Å². The molecule has 1 unspecified atom stereocenters. The minimum atomic E-state index is 0.487. The van der Waals surface area contributed by atoms with E-state index in [1.807, 2.05) is 24.3 Å². The monoisotopic (exact) mass is 332 g/mol. The van der Waals surface area contributed by atoms with Gasteiger partial charge in [-0.15, -0.1) is 0 Å². The lowest BCUT2D eigenvalue weighted by molar-refractivity contribution is 0.123. The highest BCUT2D eigenvalue weighted by molar-refractivity contribution is 6.32. The van der Waals surface area contributed by atoms with Gasteiger partial charge in [0.15, 0.2) is 0 Å². The normalized spacial score (nSPS) is 18.7. The highest BCUT2D eigenvalue weighted by atomic mass is 35.5. The molecule has 3 rings (SSSR count). The van der Waals surface area contributed by atoms with Crippen LogP contribution in [0, 0.1) is 5.92 Å². The zero-order chi connectivity index (χ0) is 16.1. The molecule has 1 fully saturated rings. The Kier molecular flexibility index (Phi) is 5.31. The average Bonchev–Trinajstić information content (AvgIpc) is 2.54. The summed E-state index contributed by atoms with van der Waals surface area (Å²) in [6.07, 6.45) is 4.03. The van der Waals surface area contributed by atoms with Crippen molar-refractivity contribution in [3.05, 3.63) is 47.4 Å². The molecule has 1 aromatic carbocycles. The zero-order valence-electron chi connectivity index (χ0n) is 13.0. The summed E-state index contributed by atoms with van der Waals surface area (Å²) in [5.74, 6) is 2.54. The molecular formula is C17H21ClN4O. The van der Waals surface area contributed by atoms with Gasteiger partial charge in [0, 0.05) is 18.7 Å².